The lowest BCUT2D eigenvalue weighted by Crippen LogP contribution is -2.48. The van der Waals surface area contributed by atoms with Crippen LogP contribution in [0.3, 0.4) is 0 Å². The molecular formula is C13H18N2O4. The second-order valence-corrected chi connectivity index (χ2v) is 4.23. The van der Waals surface area contributed by atoms with Gasteiger partial charge in [0.15, 0.2) is 0 Å². The number of nitrogens with two attached hydrogens (primary N) is 1. The number of aromatic hydroxyl groups is 1. The van der Waals surface area contributed by atoms with E-state index in [0.29, 0.717) is 6.42 Å². The van der Waals surface area contributed by atoms with Crippen LogP contribution in [-0.2, 0) is 20.7 Å². The Bertz CT molecular complexity index is 444. The number of ether oxygens (including phenoxy) is 1. The molecule has 0 aliphatic carbocycles. The molecule has 0 aliphatic rings. The first-order chi connectivity index (χ1) is 8.93. The second kappa shape index (κ2) is 6.75. The van der Waals surface area contributed by atoms with Crippen LogP contribution in [0.15, 0.2) is 24.3 Å². The molecule has 1 aromatic carbocycles. The normalized spacial score (nSPS) is 13.4. The molecule has 1 rings (SSSR count). The maximum absolute atomic E-state index is 11.8. The van der Waals surface area contributed by atoms with Gasteiger partial charge in [-0.3, -0.25) is 4.79 Å². The Hall–Kier alpha value is -2.08. The van der Waals surface area contributed by atoms with Crippen LogP contribution < -0.4 is 11.1 Å². The number of esters is 1. The molecule has 0 saturated carbocycles. The van der Waals surface area contributed by atoms with Gasteiger partial charge >= 0.3 is 5.97 Å². The zero-order valence-electron chi connectivity index (χ0n) is 10.9. The van der Waals surface area contributed by atoms with Crippen molar-refractivity contribution in [2.75, 3.05) is 7.11 Å². The minimum Gasteiger partial charge on any atom is -0.508 e. The third-order valence-electron chi connectivity index (χ3n) is 2.64. The second-order valence-electron chi connectivity index (χ2n) is 4.23. The SMILES string of the molecule is COC(=O)[C@H](C)NC(=O)[C@@H](N)Cc1ccc(O)cc1. The minimum atomic E-state index is -0.767. The minimum absolute atomic E-state index is 0.154. The molecule has 1 amide bonds. The van der Waals surface area contributed by atoms with Crippen LogP contribution in [0.25, 0.3) is 0 Å². The maximum Gasteiger partial charge on any atom is 0.328 e. The molecule has 6 nitrogen and oxygen atoms in total. The van der Waals surface area contributed by atoms with Crippen LogP contribution in [0.5, 0.6) is 5.75 Å². The number of amides is 1. The van der Waals surface area contributed by atoms with Crippen molar-refractivity contribution in [3.05, 3.63) is 29.8 Å². The van der Waals surface area contributed by atoms with Crippen LogP contribution in [0.4, 0.5) is 0 Å². The molecule has 4 N–H and O–H groups in total. The number of benzene rings is 1. The third-order valence-corrected chi connectivity index (χ3v) is 2.64. The van der Waals surface area contributed by atoms with Gasteiger partial charge in [0.2, 0.25) is 5.91 Å². The average molecular weight is 266 g/mol. The summed E-state index contributed by atoms with van der Waals surface area (Å²) in [6.07, 6.45) is 0.319. The standard InChI is InChI=1S/C13H18N2O4/c1-8(13(18)19-2)15-12(17)11(14)7-9-3-5-10(16)6-4-9/h3-6,8,11,16H,7,14H2,1-2H3,(H,15,17)/t8-,11-/m0/s1. The van der Waals surface area contributed by atoms with E-state index in [9.17, 15) is 9.59 Å². The first-order valence-corrected chi connectivity index (χ1v) is 5.85. The molecule has 0 radical (unpaired) electrons. The first-order valence-electron chi connectivity index (χ1n) is 5.85. The first kappa shape index (κ1) is 15.0. The van der Waals surface area contributed by atoms with E-state index in [1.165, 1.54) is 26.2 Å². The predicted octanol–water partition coefficient (Wildman–Crippen LogP) is -0.0603. The van der Waals surface area contributed by atoms with Crippen molar-refractivity contribution < 1.29 is 19.4 Å². The highest BCUT2D eigenvalue weighted by molar-refractivity contribution is 5.87. The Morgan fingerprint density at radius 2 is 1.95 bits per heavy atom. The van der Waals surface area contributed by atoms with Gasteiger partial charge in [0.25, 0.3) is 0 Å². The van der Waals surface area contributed by atoms with E-state index in [1.54, 1.807) is 12.1 Å². The summed E-state index contributed by atoms with van der Waals surface area (Å²) in [5.41, 5.74) is 6.58. The van der Waals surface area contributed by atoms with Crippen LogP contribution in [-0.4, -0.2) is 36.2 Å². The molecule has 1 aromatic rings. The van der Waals surface area contributed by atoms with Crippen molar-refractivity contribution in [2.45, 2.75) is 25.4 Å². The highest BCUT2D eigenvalue weighted by Crippen LogP contribution is 2.10. The summed E-state index contributed by atoms with van der Waals surface area (Å²) in [4.78, 5) is 22.9. The van der Waals surface area contributed by atoms with Crippen molar-refractivity contribution in [1.29, 1.82) is 0 Å². The van der Waals surface area contributed by atoms with Gasteiger partial charge in [0.05, 0.1) is 13.2 Å². The van der Waals surface area contributed by atoms with Gasteiger partial charge in [-0.15, -0.1) is 0 Å². The zero-order valence-corrected chi connectivity index (χ0v) is 10.9. The third kappa shape index (κ3) is 4.59. The van der Waals surface area contributed by atoms with Crippen molar-refractivity contribution in [2.24, 2.45) is 5.73 Å². The van der Waals surface area contributed by atoms with Crippen molar-refractivity contribution in [3.63, 3.8) is 0 Å². The zero-order chi connectivity index (χ0) is 14.4. The molecule has 0 fully saturated rings. The van der Waals surface area contributed by atoms with E-state index >= 15 is 0 Å². The molecule has 0 unspecified atom stereocenters. The number of phenolic OH excluding ortho intramolecular Hbond substituents is 1. The Morgan fingerprint density at radius 1 is 1.37 bits per heavy atom. The summed E-state index contributed by atoms with van der Waals surface area (Å²) in [5.74, 6) is -0.794. The van der Waals surface area contributed by atoms with E-state index in [2.05, 4.69) is 10.1 Å². The molecule has 19 heavy (non-hydrogen) atoms. The highest BCUT2D eigenvalue weighted by atomic mass is 16.5. The van der Waals surface area contributed by atoms with Gasteiger partial charge in [-0.25, -0.2) is 4.79 Å². The van der Waals surface area contributed by atoms with Crippen molar-refractivity contribution >= 4 is 11.9 Å². The van der Waals surface area contributed by atoms with E-state index < -0.39 is 24.0 Å². The number of carbonyl (C=O) groups is 2. The molecule has 0 saturated heterocycles. The molecule has 0 bridgehead atoms. The molecule has 0 aromatic heterocycles. The molecular weight excluding hydrogens is 248 g/mol. The summed E-state index contributed by atoms with van der Waals surface area (Å²) in [6.45, 7) is 1.52. The van der Waals surface area contributed by atoms with Crippen LogP contribution in [0.1, 0.15) is 12.5 Å². The molecule has 0 aliphatic heterocycles. The van der Waals surface area contributed by atoms with Gasteiger partial charge in [0.1, 0.15) is 11.8 Å². The quantitative estimate of drug-likeness (QED) is 0.648. The molecule has 6 heteroatoms. The summed E-state index contributed by atoms with van der Waals surface area (Å²) in [5, 5.41) is 11.6. The number of nitrogens with one attached hydrogen (secondary N) is 1. The van der Waals surface area contributed by atoms with Gasteiger partial charge in [-0.1, -0.05) is 12.1 Å². The summed E-state index contributed by atoms with van der Waals surface area (Å²) >= 11 is 0. The lowest BCUT2D eigenvalue weighted by molar-refractivity contribution is -0.144. The molecule has 0 spiro atoms. The van der Waals surface area contributed by atoms with Crippen LogP contribution in [0.2, 0.25) is 0 Å². The largest absolute Gasteiger partial charge is 0.508 e. The van der Waals surface area contributed by atoms with Crippen molar-refractivity contribution in [3.8, 4) is 5.75 Å². The fraction of sp³-hybridized carbons (Fsp3) is 0.385. The van der Waals surface area contributed by atoms with E-state index in [-0.39, 0.29) is 5.75 Å². The Morgan fingerprint density at radius 3 is 2.47 bits per heavy atom. The monoisotopic (exact) mass is 266 g/mol. The fourth-order valence-electron chi connectivity index (χ4n) is 1.53. The van der Waals surface area contributed by atoms with Gasteiger partial charge in [-0.05, 0) is 31.0 Å². The van der Waals surface area contributed by atoms with Gasteiger partial charge in [0, 0.05) is 0 Å². The number of phenols is 1. The lowest BCUT2D eigenvalue weighted by Gasteiger charge is -2.16. The average Bonchev–Trinajstić information content (AvgIpc) is 2.40. The van der Waals surface area contributed by atoms with Gasteiger partial charge in [-0.2, -0.15) is 0 Å². The van der Waals surface area contributed by atoms with Crippen LogP contribution in [0, 0.1) is 0 Å². The van der Waals surface area contributed by atoms with Crippen molar-refractivity contribution in [1.82, 2.24) is 5.32 Å². The van der Waals surface area contributed by atoms with E-state index in [4.69, 9.17) is 10.8 Å². The molecule has 104 valence electrons. The fourth-order valence-corrected chi connectivity index (χ4v) is 1.53. The number of rotatable bonds is 5. The molecule has 0 heterocycles. The smallest absolute Gasteiger partial charge is 0.328 e. The summed E-state index contributed by atoms with van der Waals surface area (Å²) in [6, 6.07) is 4.92. The van der Waals surface area contributed by atoms with Crippen LogP contribution >= 0.6 is 0 Å². The van der Waals surface area contributed by atoms with E-state index in [0.717, 1.165) is 5.56 Å². The van der Waals surface area contributed by atoms with E-state index in [1.807, 2.05) is 0 Å². The number of hydrogen-bond donors (Lipinski definition) is 3. The summed E-state index contributed by atoms with van der Waals surface area (Å²) < 4.78 is 4.50. The predicted molar refractivity (Wildman–Crippen MR) is 69.4 cm³/mol. The maximum atomic E-state index is 11.8. The number of methoxy groups -OCH3 is 1. The topological polar surface area (TPSA) is 102 Å². The number of carbonyl (C=O) groups excluding carboxylic acids is 2. The Kier molecular flexibility index (Phi) is 5.32. The summed E-state index contributed by atoms with van der Waals surface area (Å²) in [7, 11) is 1.25. The highest BCUT2D eigenvalue weighted by Gasteiger charge is 2.20. The Labute approximate surface area is 111 Å². The van der Waals surface area contributed by atoms with Gasteiger partial charge < -0.3 is 20.9 Å². The lowest BCUT2D eigenvalue weighted by atomic mass is 10.1. The molecule has 2 atom stereocenters. The number of hydrogen-bond acceptors (Lipinski definition) is 5. The Balaban J connectivity index is 2.53.